The summed E-state index contributed by atoms with van der Waals surface area (Å²) in [4.78, 5) is 27.7. The molecule has 2 amide bonds. The van der Waals surface area contributed by atoms with E-state index in [9.17, 15) is 9.59 Å². The molecule has 0 aromatic heterocycles. The highest BCUT2D eigenvalue weighted by Crippen LogP contribution is 2.22. The third-order valence-corrected chi connectivity index (χ3v) is 5.06. The summed E-state index contributed by atoms with van der Waals surface area (Å²) in [5.41, 5.74) is 5.32. The molecule has 0 radical (unpaired) electrons. The standard InChI is InChI=1S/C27H28N4O4/c1-31(2)22-12-10-19(11-13-22)16-24(29-26(32)20-8-6-5-7-9-20)27(33)30-28-18-21-17-23(34-3)14-15-25(21)35-4/h5-18H,1-4H3,(H,29,32)(H,30,33)/b24-16+,28-18+. The van der Waals surface area contributed by atoms with Gasteiger partial charge in [0.1, 0.15) is 17.2 Å². The zero-order valence-electron chi connectivity index (χ0n) is 20.1. The van der Waals surface area contributed by atoms with Crippen molar-refractivity contribution in [3.05, 3.63) is 95.2 Å². The van der Waals surface area contributed by atoms with Crippen molar-refractivity contribution in [1.29, 1.82) is 0 Å². The van der Waals surface area contributed by atoms with Crippen molar-refractivity contribution in [3.63, 3.8) is 0 Å². The molecule has 0 aliphatic carbocycles. The fraction of sp³-hybridized carbons (Fsp3) is 0.148. The van der Waals surface area contributed by atoms with Crippen LogP contribution in [-0.4, -0.2) is 46.3 Å². The Labute approximate surface area is 204 Å². The van der Waals surface area contributed by atoms with E-state index in [1.807, 2.05) is 49.3 Å². The first-order chi connectivity index (χ1) is 16.9. The lowest BCUT2D eigenvalue weighted by Gasteiger charge is -2.13. The van der Waals surface area contributed by atoms with Gasteiger partial charge in [0.2, 0.25) is 0 Å². The largest absolute Gasteiger partial charge is 0.497 e. The summed E-state index contributed by atoms with van der Waals surface area (Å²) in [6, 6.07) is 21.5. The molecule has 0 atom stereocenters. The molecular formula is C27H28N4O4. The van der Waals surface area contributed by atoms with Gasteiger partial charge in [-0.05, 0) is 54.1 Å². The Bertz CT molecular complexity index is 1220. The van der Waals surface area contributed by atoms with Gasteiger partial charge in [-0.1, -0.05) is 30.3 Å². The van der Waals surface area contributed by atoms with Gasteiger partial charge >= 0.3 is 0 Å². The molecule has 8 heteroatoms. The van der Waals surface area contributed by atoms with Crippen LogP contribution in [0.3, 0.4) is 0 Å². The van der Waals surface area contributed by atoms with Gasteiger partial charge in [0.05, 0.1) is 20.4 Å². The number of anilines is 1. The number of carbonyl (C=O) groups is 2. The average molecular weight is 473 g/mol. The van der Waals surface area contributed by atoms with Crippen LogP contribution in [0.15, 0.2) is 83.6 Å². The first-order valence-corrected chi connectivity index (χ1v) is 10.8. The summed E-state index contributed by atoms with van der Waals surface area (Å²) in [7, 11) is 6.99. The molecule has 0 bridgehead atoms. The van der Waals surface area contributed by atoms with Crippen LogP contribution in [0.1, 0.15) is 21.5 Å². The van der Waals surface area contributed by atoms with E-state index in [0.29, 0.717) is 22.6 Å². The van der Waals surface area contributed by atoms with E-state index in [4.69, 9.17) is 9.47 Å². The molecule has 0 aliphatic heterocycles. The average Bonchev–Trinajstić information content (AvgIpc) is 2.88. The maximum absolute atomic E-state index is 13.0. The van der Waals surface area contributed by atoms with Gasteiger partial charge < -0.3 is 19.7 Å². The van der Waals surface area contributed by atoms with E-state index in [2.05, 4.69) is 15.8 Å². The van der Waals surface area contributed by atoms with Crippen LogP contribution in [0, 0.1) is 0 Å². The Balaban J connectivity index is 1.84. The number of hydrogen-bond donors (Lipinski definition) is 2. The van der Waals surface area contributed by atoms with Crippen molar-refractivity contribution in [1.82, 2.24) is 10.7 Å². The van der Waals surface area contributed by atoms with Crippen molar-refractivity contribution in [2.45, 2.75) is 0 Å². The highest BCUT2D eigenvalue weighted by molar-refractivity contribution is 6.05. The van der Waals surface area contributed by atoms with Gasteiger partial charge in [0.25, 0.3) is 11.8 Å². The van der Waals surface area contributed by atoms with E-state index in [0.717, 1.165) is 11.3 Å². The predicted molar refractivity (Wildman–Crippen MR) is 138 cm³/mol. The molecule has 0 spiro atoms. The number of hydrazone groups is 1. The first-order valence-electron chi connectivity index (χ1n) is 10.8. The van der Waals surface area contributed by atoms with Gasteiger partial charge in [-0.25, -0.2) is 5.43 Å². The van der Waals surface area contributed by atoms with Crippen molar-refractivity contribution < 1.29 is 19.1 Å². The zero-order valence-corrected chi connectivity index (χ0v) is 20.1. The first kappa shape index (κ1) is 25.0. The minimum Gasteiger partial charge on any atom is -0.497 e. The molecule has 0 aliphatic rings. The van der Waals surface area contributed by atoms with Crippen LogP contribution in [0.2, 0.25) is 0 Å². The number of methoxy groups -OCH3 is 2. The van der Waals surface area contributed by atoms with Crippen LogP contribution in [0.5, 0.6) is 11.5 Å². The number of nitrogens with zero attached hydrogens (tertiary/aromatic N) is 2. The topological polar surface area (TPSA) is 92.3 Å². The van der Waals surface area contributed by atoms with Crippen LogP contribution in [0.25, 0.3) is 6.08 Å². The lowest BCUT2D eigenvalue weighted by molar-refractivity contribution is -0.117. The molecule has 0 heterocycles. The van der Waals surface area contributed by atoms with Crippen LogP contribution >= 0.6 is 0 Å². The van der Waals surface area contributed by atoms with Gasteiger partial charge in [-0.3, -0.25) is 9.59 Å². The second kappa shape index (κ2) is 12.0. The summed E-state index contributed by atoms with van der Waals surface area (Å²) >= 11 is 0. The maximum Gasteiger partial charge on any atom is 0.287 e. The minimum atomic E-state index is -0.580. The van der Waals surface area contributed by atoms with Gasteiger partial charge in [0, 0.05) is 30.9 Å². The van der Waals surface area contributed by atoms with Crippen LogP contribution in [-0.2, 0) is 4.79 Å². The third kappa shape index (κ3) is 6.94. The second-order valence-electron chi connectivity index (χ2n) is 7.67. The third-order valence-electron chi connectivity index (χ3n) is 5.06. The molecule has 2 N–H and O–H groups in total. The zero-order chi connectivity index (χ0) is 25.2. The number of rotatable bonds is 9. The molecule has 3 rings (SSSR count). The van der Waals surface area contributed by atoms with Crippen LogP contribution < -0.4 is 25.1 Å². The lowest BCUT2D eigenvalue weighted by Crippen LogP contribution is -2.32. The van der Waals surface area contributed by atoms with Crippen LogP contribution in [0.4, 0.5) is 5.69 Å². The highest BCUT2D eigenvalue weighted by atomic mass is 16.5. The number of carbonyl (C=O) groups excluding carboxylic acids is 2. The fourth-order valence-corrected chi connectivity index (χ4v) is 3.14. The SMILES string of the molecule is COc1ccc(OC)c(/C=N/NC(=O)/C(=C\c2ccc(N(C)C)cc2)NC(=O)c2ccccc2)c1. The Morgan fingerprint density at radius 2 is 1.63 bits per heavy atom. The van der Waals surface area contributed by atoms with Crippen molar-refractivity contribution in [2.24, 2.45) is 5.10 Å². The van der Waals surface area contributed by atoms with E-state index in [1.54, 1.807) is 62.8 Å². The monoisotopic (exact) mass is 472 g/mol. The number of nitrogens with one attached hydrogen (secondary N) is 2. The number of benzene rings is 3. The second-order valence-corrected chi connectivity index (χ2v) is 7.67. The quantitative estimate of drug-likeness (QED) is 0.282. The number of amides is 2. The highest BCUT2D eigenvalue weighted by Gasteiger charge is 2.14. The molecule has 0 saturated heterocycles. The van der Waals surface area contributed by atoms with E-state index in [-0.39, 0.29) is 5.70 Å². The van der Waals surface area contributed by atoms with Gasteiger partial charge in [-0.2, -0.15) is 5.10 Å². The van der Waals surface area contributed by atoms with E-state index >= 15 is 0 Å². The number of ether oxygens (including phenoxy) is 2. The predicted octanol–water partition coefficient (Wildman–Crippen LogP) is 3.69. The summed E-state index contributed by atoms with van der Waals surface area (Å²) in [5, 5.41) is 6.74. The molecule has 8 nitrogen and oxygen atoms in total. The smallest absolute Gasteiger partial charge is 0.287 e. The normalized spacial score (nSPS) is 11.1. The molecule has 0 fully saturated rings. The molecular weight excluding hydrogens is 444 g/mol. The summed E-state index contributed by atoms with van der Waals surface area (Å²) in [6.07, 6.45) is 3.04. The fourth-order valence-electron chi connectivity index (χ4n) is 3.14. The Morgan fingerprint density at radius 1 is 0.914 bits per heavy atom. The molecule has 0 unspecified atom stereocenters. The maximum atomic E-state index is 13.0. The molecule has 180 valence electrons. The molecule has 35 heavy (non-hydrogen) atoms. The Morgan fingerprint density at radius 3 is 2.26 bits per heavy atom. The molecule has 3 aromatic rings. The molecule has 0 saturated carbocycles. The van der Waals surface area contributed by atoms with Crippen molar-refractivity contribution in [2.75, 3.05) is 33.2 Å². The Kier molecular flexibility index (Phi) is 8.61. The summed E-state index contributed by atoms with van der Waals surface area (Å²) in [6.45, 7) is 0. The van der Waals surface area contributed by atoms with E-state index < -0.39 is 11.8 Å². The lowest BCUT2D eigenvalue weighted by atomic mass is 10.1. The van der Waals surface area contributed by atoms with E-state index in [1.165, 1.54) is 6.21 Å². The molecule has 3 aromatic carbocycles. The summed E-state index contributed by atoms with van der Waals surface area (Å²) in [5.74, 6) is 0.202. The van der Waals surface area contributed by atoms with Crippen molar-refractivity contribution >= 4 is 29.8 Å². The minimum absolute atomic E-state index is 0.0474. The van der Waals surface area contributed by atoms with Gasteiger partial charge in [0.15, 0.2) is 0 Å². The Hall–Kier alpha value is -4.59. The van der Waals surface area contributed by atoms with Crippen molar-refractivity contribution in [3.8, 4) is 11.5 Å². The summed E-state index contributed by atoms with van der Waals surface area (Å²) < 4.78 is 10.6. The number of hydrogen-bond acceptors (Lipinski definition) is 6. The van der Waals surface area contributed by atoms with Gasteiger partial charge in [-0.15, -0.1) is 0 Å².